The molecule has 2 heteroatoms. The smallest absolute Gasteiger partial charge is 0.0370 e. The maximum Gasteiger partial charge on any atom is 0.0370 e. The van der Waals surface area contributed by atoms with Gasteiger partial charge in [0.05, 0.1) is 0 Å². The Kier molecular flexibility index (Phi) is 6.39. The van der Waals surface area contributed by atoms with E-state index in [4.69, 9.17) is 0 Å². The lowest BCUT2D eigenvalue weighted by molar-refractivity contribution is 1.20. The summed E-state index contributed by atoms with van der Waals surface area (Å²) in [6.07, 6.45) is 3.55. The van der Waals surface area contributed by atoms with Gasteiger partial charge in [-0.3, -0.25) is 4.98 Å². The highest BCUT2D eigenvalue weighted by Gasteiger charge is 1.82. The van der Waals surface area contributed by atoms with Gasteiger partial charge in [-0.15, -0.1) is 0 Å². The van der Waals surface area contributed by atoms with Crippen molar-refractivity contribution >= 4 is 5.69 Å². The second-order valence-corrected chi connectivity index (χ2v) is 1.77. The summed E-state index contributed by atoms with van der Waals surface area (Å²) >= 11 is 0. The lowest BCUT2D eigenvalue weighted by Gasteiger charge is -1.98. The SMILES string of the molecule is CC.CCNc1ccncc1.[HH]. The van der Waals surface area contributed by atoms with Gasteiger partial charge in [0.1, 0.15) is 0 Å². The van der Waals surface area contributed by atoms with Gasteiger partial charge in [-0.25, -0.2) is 0 Å². The number of aromatic nitrogens is 1. The Labute approximate surface area is 70.2 Å². The fourth-order valence-electron chi connectivity index (χ4n) is 0.674. The molecule has 1 aromatic rings. The van der Waals surface area contributed by atoms with Gasteiger partial charge in [-0.2, -0.15) is 0 Å². The summed E-state index contributed by atoms with van der Waals surface area (Å²) in [6, 6.07) is 3.90. The molecule has 0 unspecified atom stereocenters. The van der Waals surface area contributed by atoms with Crippen molar-refractivity contribution in [1.82, 2.24) is 4.98 Å². The van der Waals surface area contributed by atoms with Gasteiger partial charge in [-0.05, 0) is 19.1 Å². The van der Waals surface area contributed by atoms with Crippen molar-refractivity contribution in [3.05, 3.63) is 24.5 Å². The van der Waals surface area contributed by atoms with E-state index in [0.29, 0.717) is 0 Å². The summed E-state index contributed by atoms with van der Waals surface area (Å²) in [5.41, 5.74) is 1.13. The van der Waals surface area contributed by atoms with Crippen molar-refractivity contribution in [1.29, 1.82) is 0 Å². The molecule has 0 saturated carbocycles. The second-order valence-electron chi connectivity index (χ2n) is 1.77. The monoisotopic (exact) mass is 154 g/mol. The highest BCUT2D eigenvalue weighted by atomic mass is 14.9. The fraction of sp³-hybridized carbons (Fsp3) is 0.444. The minimum Gasteiger partial charge on any atom is -0.385 e. The lowest BCUT2D eigenvalue weighted by atomic mass is 10.4. The molecule has 0 atom stereocenters. The van der Waals surface area contributed by atoms with Crippen molar-refractivity contribution in [3.8, 4) is 0 Å². The third-order valence-electron chi connectivity index (χ3n) is 1.06. The van der Waals surface area contributed by atoms with Crippen molar-refractivity contribution in [2.45, 2.75) is 20.8 Å². The summed E-state index contributed by atoms with van der Waals surface area (Å²) in [7, 11) is 0. The van der Waals surface area contributed by atoms with Crippen LogP contribution < -0.4 is 5.32 Å². The van der Waals surface area contributed by atoms with Crippen LogP contribution >= 0.6 is 0 Å². The summed E-state index contributed by atoms with van der Waals surface area (Å²) in [5.74, 6) is 0. The molecule has 1 aromatic heterocycles. The molecule has 0 aliphatic carbocycles. The third-order valence-corrected chi connectivity index (χ3v) is 1.06. The molecule has 0 radical (unpaired) electrons. The van der Waals surface area contributed by atoms with E-state index < -0.39 is 0 Å². The fourth-order valence-corrected chi connectivity index (χ4v) is 0.674. The number of pyridine rings is 1. The average molecular weight is 154 g/mol. The van der Waals surface area contributed by atoms with Crippen LogP contribution in [0.15, 0.2) is 24.5 Å². The molecule has 11 heavy (non-hydrogen) atoms. The van der Waals surface area contributed by atoms with Crippen LogP contribution in [0.25, 0.3) is 0 Å². The first-order chi connectivity index (χ1) is 5.43. The number of hydrogen-bond acceptors (Lipinski definition) is 2. The zero-order chi connectivity index (χ0) is 8.53. The van der Waals surface area contributed by atoms with E-state index >= 15 is 0 Å². The van der Waals surface area contributed by atoms with Gasteiger partial charge >= 0.3 is 0 Å². The molecule has 0 amide bonds. The van der Waals surface area contributed by atoms with Gasteiger partial charge in [0, 0.05) is 26.1 Å². The molecule has 0 aliphatic rings. The molecule has 0 fully saturated rings. The van der Waals surface area contributed by atoms with Crippen LogP contribution in [0.4, 0.5) is 5.69 Å². The van der Waals surface area contributed by atoms with Crippen LogP contribution in [0.1, 0.15) is 22.2 Å². The summed E-state index contributed by atoms with van der Waals surface area (Å²) in [6.45, 7) is 7.03. The van der Waals surface area contributed by atoms with E-state index in [2.05, 4.69) is 17.2 Å². The first-order valence-corrected chi connectivity index (χ1v) is 4.07. The van der Waals surface area contributed by atoms with E-state index in [1.165, 1.54) is 0 Å². The van der Waals surface area contributed by atoms with E-state index in [1.807, 2.05) is 26.0 Å². The van der Waals surface area contributed by atoms with Gasteiger partial charge in [-0.1, -0.05) is 13.8 Å². The molecule has 0 aromatic carbocycles. The number of anilines is 1. The Hall–Kier alpha value is -1.05. The standard InChI is InChI=1S/C7H10N2.C2H6.H2/c1-2-9-7-3-5-8-6-4-7;1-2;/h3-6H,2H2,1H3,(H,8,9);1-2H3;1H. The van der Waals surface area contributed by atoms with Crippen LogP contribution in [0, 0.1) is 0 Å². The maximum atomic E-state index is 3.89. The Morgan fingerprint density at radius 1 is 1.36 bits per heavy atom. The molecule has 1 N–H and O–H groups in total. The molecular weight excluding hydrogens is 136 g/mol. The Balaban J connectivity index is 0. The first kappa shape index (κ1) is 9.95. The zero-order valence-corrected chi connectivity index (χ0v) is 7.46. The van der Waals surface area contributed by atoms with Crippen molar-refractivity contribution in [3.63, 3.8) is 0 Å². The van der Waals surface area contributed by atoms with Gasteiger partial charge < -0.3 is 5.32 Å². The van der Waals surface area contributed by atoms with E-state index in [9.17, 15) is 0 Å². The minimum atomic E-state index is 0. The molecule has 0 aliphatic heterocycles. The van der Waals surface area contributed by atoms with Crippen LogP contribution in [-0.4, -0.2) is 11.5 Å². The summed E-state index contributed by atoms with van der Waals surface area (Å²) < 4.78 is 0. The van der Waals surface area contributed by atoms with Crippen LogP contribution in [-0.2, 0) is 0 Å². The van der Waals surface area contributed by atoms with Gasteiger partial charge in [0.2, 0.25) is 0 Å². The number of hydrogen-bond donors (Lipinski definition) is 1. The van der Waals surface area contributed by atoms with Crippen LogP contribution in [0.2, 0.25) is 0 Å². The van der Waals surface area contributed by atoms with Crippen LogP contribution in [0.5, 0.6) is 0 Å². The Morgan fingerprint density at radius 3 is 2.36 bits per heavy atom. The molecule has 0 bridgehead atoms. The van der Waals surface area contributed by atoms with Crippen LogP contribution in [0.3, 0.4) is 0 Å². The predicted molar refractivity (Wildman–Crippen MR) is 51.9 cm³/mol. The van der Waals surface area contributed by atoms with Crippen molar-refractivity contribution < 1.29 is 1.43 Å². The lowest BCUT2D eigenvalue weighted by Crippen LogP contribution is -1.95. The largest absolute Gasteiger partial charge is 0.385 e. The third kappa shape index (κ3) is 4.37. The molecule has 64 valence electrons. The normalized spacial score (nSPS) is 7.91. The van der Waals surface area contributed by atoms with E-state index in [1.54, 1.807) is 12.4 Å². The molecule has 1 rings (SSSR count). The van der Waals surface area contributed by atoms with Crippen molar-refractivity contribution in [2.24, 2.45) is 0 Å². The highest BCUT2D eigenvalue weighted by molar-refractivity contribution is 5.40. The quantitative estimate of drug-likeness (QED) is 0.708. The second kappa shape index (κ2) is 7.06. The van der Waals surface area contributed by atoms with Crippen molar-refractivity contribution in [2.75, 3.05) is 11.9 Å². The zero-order valence-electron chi connectivity index (χ0n) is 7.46. The summed E-state index contributed by atoms with van der Waals surface area (Å²) in [4.78, 5) is 3.89. The van der Waals surface area contributed by atoms with E-state index in [-0.39, 0.29) is 1.43 Å². The molecule has 2 nitrogen and oxygen atoms in total. The molecule has 0 saturated heterocycles. The van der Waals surface area contributed by atoms with E-state index in [0.717, 1.165) is 12.2 Å². The predicted octanol–water partition coefficient (Wildman–Crippen LogP) is 2.79. The topological polar surface area (TPSA) is 24.9 Å². The maximum absolute atomic E-state index is 3.89. The summed E-state index contributed by atoms with van der Waals surface area (Å²) in [5, 5.41) is 3.17. The number of rotatable bonds is 2. The van der Waals surface area contributed by atoms with Gasteiger partial charge in [0.15, 0.2) is 0 Å². The average Bonchev–Trinajstić information content (AvgIpc) is 2.11. The molecular formula is C9H18N2. The molecule has 0 spiro atoms. The molecule has 1 heterocycles. The highest BCUT2D eigenvalue weighted by Crippen LogP contribution is 2.00. The first-order valence-electron chi connectivity index (χ1n) is 4.07. The number of nitrogens with zero attached hydrogens (tertiary/aromatic N) is 1. The van der Waals surface area contributed by atoms with Gasteiger partial charge in [0.25, 0.3) is 0 Å². The Bertz CT molecular complexity index is 165. The number of nitrogens with one attached hydrogen (secondary N) is 1. The minimum absolute atomic E-state index is 0. The Morgan fingerprint density at radius 2 is 1.91 bits per heavy atom.